The Balaban J connectivity index is 5.66. The minimum atomic E-state index is -1.80. The van der Waals surface area contributed by atoms with Gasteiger partial charge < -0.3 is 53.6 Å². The lowest BCUT2D eigenvalue weighted by molar-refractivity contribution is -0.147. The molecule has 0 heterocycles. The van der Waals surface area contributed by atoms with Gasteiger partial charge in [-0.25, -0.2) is 4.79 Å². The summed E-state index contributed by atoms with van der Waals surface area (Å²) in [6.07, 6.45) is -1.90. The second-order valence-electron chi connectivity index (χ2n) is 7.29. The molecule has 0 aliphatic heterocycles. The van der Waals surface area contributed by atoms with E-state index in [2.05, 4.69) is 15.6 Å². The van der Waals surface area contributed by atoms with Crippen LogP contribution in [0.2, 0.25) is 0 Å². The number of nitrogens with zero attached hydrogens (tertiary/aromatic N) is 1. The Morgan fingerprint density at radius 3 is 1.74 bits per heavy atom. The predicted octanol–water partition coefficient (Wildman–Crippen LogP) is -4.76. The first kappa shape index (κ1) is 31.0. The molecular weight excluding hydrogens is 474 g/mol. The number of aliphatic carboxylic acids is 3. The van der Waals surface area contributed by atoms with Crippen LogP contribution >= 0.6 is 0 Å². The first-order chi connectivity index (χ1) is 16.3. The molecule has 0 bridgehead atoms. The summed E-state index contributed by atoms with van der Waals surface area (Å²) in [6, 6.07) is -6.11. The van der Waals surface area contributed by atoms with Crippen molar-refractivity contribution in [3.63, 3.8) is 0 Å². The van der Waals surface area contributed by atoms with Crippen LogP contribution in [0.25, 0.3) is 0 Å². The van der Waals surface area contributed by atoms with Crippen LogP contribution in [0.1, 0.15) is 32.1 Å². The van der Waals surface area contributed by atoms with Crippen molar-refractivity contribution in [2.24, 2.45) is 22.2 Å². The van der Waals surface area contributed by atoms with E-state index < -0.39 is 85.7 Å². The van der Waals surface area contributed by atoms with E-state index in [1.807, 2.05) is 5.32 Å². The van der Waals surface area contributed by atoms with Crippen LogP contribution in [0, 0.1) is 0 Å². The Labute approximate surface area is 199 Å². The molecule has 0 saturated heterocycles. The average molecular weight is 505 g/mol. The number of rotatable bonds is 17. The quantitative estimate of drug-likeness (QED) is 0.0504. The second kappa shape index (κ2) is 15.8. The van der Waals surface area contributed by atoms with E-state index in [9.17, 15) is 28.8 Å². The normalized spacial score (nSPS) is 13.9. The van der Waals surface area contributed by atoms with Crippen molar-refractivity contribution in [2.45, 2.75) is 56.3 Å². The van der Waals surface area contributed by atoms with Crippen LogP contribution in [-0.4, -0.2) is 99.3 Å². The molecule has 0 radical (unpaired) electrons. The molecular formula is C18H31N7O10. The molecule has 17 heteroatoms. The van der Waals surface area contributed by atoms with E-state index in [1.54, 1.807) is 0 Å². The zero-order chi connectivity index (χ0) is 27.1. The molecule has 17 nitrogen and oxygen atoms in total. The third-order valence-corrected chi connectivity index (χ3v) is 4.38. The first-order valence-corrected chi connectivity index (χ1v) is 10.3. The highest BCUT2D eigenvalue weighted by atomic mass is 16.4. The molecule has 35 heavy (non-hydrogen) atoms. The van der Waals surface area contributed by atoms with Gasteiger partial charge in [-0.1, -0.05) is 0 Å². The Morgan fingerprint density at radius 1 is 0.771 bits per heavy atom. The van der Waals surface area contributed by atoms with Crippen molar-refractivity contribution in [3.8, 4) is 0 Å². The summed E-state index contributed by atoms with van der Waals surface area (Å²) in [7, 11) is 0. The van der Waals surface area contributed by atoms with Crippen molar-refractivity contribution >= 4 is 41.6 Å². The van der Waals surface area contributed by atoms with Crippen LogP contribution in [0.15, 0.2) is 4.99 Å². The minimum Gasteiger partial charge on any atom is -0.481 e. The number of aliphatic hydroxyl groups excluding tert-OH is 1. The van der Waals surface area contributed by atoms with Gasteiger partial charge in [-0.3, -0.25) is 29.0 Å². The van der Waals surface area contributed by atoms with Gasteiger partial charge >= 0.3 is 17.9 Å². The number of aliphatic imine (C=N–C) groups is 1. The molecule has 13 N–H and O–H groups in total. The highest BCUT2D eigenvalue weighted by molar-refractivity contribution is 5.94. The second-order valence-corrected chi connectivity index (χ2v) is 7.29. The number of aliphatic hydroxyl groups is 1. The molecule has 0 saturated carbocycles. The Morgan fingerprint density at radius 2 is 1.29 bits per heavy atom. The van der Waals surface area contributed by atoms with Crippen molar-refractivity contribution in [1.29, 1.82) is 0 Å². The fraction of sp³-hybridized carbons (Fsp3) is 0.611. The Kier molecular flexibility index (Phi) is 14.0. The Hall–Kier alpha value is -3.99. The molecule has 198 valence electrons. The van der Waals surface area contributed by atoms with E-state index >= 15 is 0 Å². The highest BCUT2D eigenvalue weighted by Crippen LogP contribution is 2.05. The van der Waals surface area contributed by atoms with Crippen LogP contribution in [0.4, 0.5) is 0 Å². The number of carboxylic acids is 3. The largest absolute Gasteiger partial charge is 0.481 e. The van der Waals surface area contributed by atoms with Crippen molar-refractivity contribution in [2.75, 3.05) is 13.2 Å². The third-order valence-electron chi connectivity index (χ3n) is 4.38. The number of carboxylic acid groups (broad SMARTS) is 3. The maximum Gasteiger partial charge on any atom is 0.326 e. The van der Waals surface area contributed by atoms with Crippen molar-refractivity contribution < 1.29 is 49.2 Å². The fourth-order valence-electron chi connectivity index (χ4n) is 2.59. The van der Waals surface area contributed by atoms with E-state index in [1.165, 1.54) is 0 Å². The van der Waals surface area contributed by atoms with Crippen LogP contribution < -0.4 is 33.2 Å². The lowest BCUT2D eigenvalue weighted by atomic mass is 10.1. The molecule has 0 aromatic carbocycles. The van der Waals surface area contributed by atoms with Gasteiger partial charge in [-0.05, 0) is 19.3 Å². The topological polar surface area (TPSA) is 310 Å². The minimum absolute atomic E-state index is 0.0317. The summed E-state index contributed by atoms with van der Waals surface area (Å²) < 4.78 is 0. The van der Waals surface area contributed by atoms with E-state index in [4.69, 9.17) is 37.6 Å². The van der Waals surface area contributed by atoms with Gasteiger partial charge in [0, 0.05) is 13.0 Å². The van der Waals surface area contributed by atoms with Gasteiger partial charge in [0.25, 0.3) is 0 Å². The lowest BCUT2D eigenvalue weighted by Gasteiger charge is -2.24. The number of amides is 3. The number of nitrogens with one attached hydrogen (secondary N) is 3. The predicted molar refractivity (Wildman–Crippen MR) is 118 cm³/mol. The first-order valence-electron chi connectivity index (χ1n) is 10.3. The van der Waals surface area contributed by atoms with Gasteiger partial charge in [0.05, 0.1) is 13.0 Å². The van der Waals surface area contributed by atoms with E-state index in [0.29, 0.717) is 0 Å². The number of carbonyl (C=O) groups is 6. The molecule has 0 rings (SSSR count). The maximum absolute atomic E-state index is 12.8. The molecule has 0 spiro atoms. The molecule has 0 aromatic rings. The molecule has 0 aliphatic rings. The number of nitrogens with two attached hydrogens (primary N) is 3. The lowest BCUT2D eigenvalue weighted by Crippen LogP contribution is -2.57. The molecule has 0 aliphatic carbocycles. The smallest absolute Gasteiger partial charge is 0.326 e. The van der Waals surface area contributed by atoms with Gasteiger partial charge in [-0.15, -0.1) is 0 Å². The highest BCUT2D eigenvalue weighted by Gasteiger charge is 2.31. The number of hydrogen-bond acceptors (Lipinski definition) is 9. The van der Waals surface area contributed by atoms with Gasteiger partial charge in [-0.2, -0.15) is 0 Å². The van der Waals surface area contributed by atoms with Crippen LogP contribution in [0.5, 0.6) is 0 Å². The maximum atomic E-state index is 12.8. The van der Waals surface area contributed by atoms with Gasteiger partial charge in [0.15, 0.2) is 5.96 Å². The molecule has 0 aromatic heterocycles. The van der Waals surface area contributed by atoms with E-state index in [0.717, 1.165) is 0 Å². The third kappa shape index (κ3) is 13.3. The zero-order valence-corrected chi connectivity index (χ0v) is 18.7. The van der Waals surface area contributed by atoms with Crippen molar-refractivity contribution in [3.05, 3.63) is 0 Å². The number of guanidine groups is 1. The fourth-order valence-corrected chi connectivity index (χ4v) is 2.59. The van der Waals surface area contributed by atoms with Crippen LogP contribution in [-0.2, 0) is 28.8 Å². The Bertz CT molecular complexity index is 815. The molecule has 4 unspecified atom stereocenters. The summed E-state index contributed by atoms with van der Waals surface area (Å²) >= 11 is 0. The van der Waals surface area contributed by atoms with E-state index in [-0.39, 0.29) is 25.3 Å². The zero-order valence-electron chi connectivity index (χ0n) is 18.7. The molecule has 4 atom stereocenters. The van der Waals surface area contributed by atoms with Gasteiger partial charge in [0.1, 0.15) is 24.2 Å². The van der Waals surface area contributed by atoms with Crippen LogP contribution in [0.3, 0.4) is 0 Å². The summed E-state index contributed by atoms with van der Waals surface area (Å²) in [5.74, 6) is -7.66. The molecule has 0 fully saturated rings. The number of hydrogen-bond donors (Lipinski definition) is 10. The van der Waals surface area contributed by atoms with Gasteiger partial charge in [0.2, 0.25) is 17.7 Å². The summed E-state index contributed by atoms with van der Waals surface area (Å²) in [4.78, 5) is 74.2. The summed E-state index contributed by atoms with van der Waals surface area (Å²) in [6.45, 7) is -0.723. The summed E-state index contributed by atoms with van der Waals surface area (Å²) in [5, 5.41) is 42.3. The SMILES string of the molecule is NC(N)=NCCCC(NC(=O)C(CCC(=O)O)NC(=O)C(N)CO)C(=O)NC(CC(=O)O)C(=O)O. The molecule has 3 amide bonds. The average Bonchev–Trinajstić information content (AvgIpc) is 2.76. The number of carbonyl (C=O) groups excluding carboxylic acids is 3. The summed E-state index contributed by atoms with van der Waals surface area (Å²) in [5.41, 5.74) is 15.8. The van der Waals surface area contributed by atoms with Crippen molar-refractivity contribution in [1.82, 2.24) is 16.0 Å². The monoisotopic (exact) mass is 505 g/mol. The standard InChI is InChI=1S/C18H31N7O10/c19-8(7-26)14(31)23-10(3-4-12(27)28)16(33)24-9(2-1-5-22-18(20)21)15(32)25-11(17(34)35)6-13(29)30/h8-11,26H,1-7,19H2,(H,23,31)(H,24,33)(H,25,32)(H,27,28)(H,29,30)(H,34,35)(H4,20,21,22).